The molecule has 0 aliphatic rings. The van der Waals surface area contributed by atoms with Gasteiger partial charge in [-0.1, -0.05) is 6.92 Å². The number of rotatable bonds is 5. The van der Waals surface area contributed by atoms with Gasteiger partial charge in [0.2, 0.25) is 0 Å². The van der Waals surface area contributed by atoms with Crippen LogP contribution < -0.4 is 10.5 Å². The topological polar surface area (TPSA) is 61.0 Å². The molecular formula is C14H17N3O. The summed E-state index contributed by atoms with van der Waals surface area (Å²) in [6.07, 6.45) is 1.01. The molecule has 0 fully saturated rings. The fraction of sp³-hybridized carbons (Fsp3) is 0.286. The second kappa shape index (κ2) is 6.12. The molecule has 0 spiro atoms. The highest BCUT2D eigenvalue weighted by Crippen LogP contribution is 2.20. The number of hydrogen-bond acceptors (Lipinski definition) is 4. The van der Waals surface area contributed by atoms with Crippen LogP contribution in [0.2, 0.25) is 0 Å². The van der Waals surface area contributed by atoms with Crippen molar-refractivity contribution in [3.8, 4) is 17.0 Å². The lowest BCUT2D eigenvalue weighted by Crippen LogP contribution is -2.01. The number of nitrogens with zero attached hydrogens (tertiary/aromatic N) is 2. The Balaban J connectivity index is 2.12. The molecule has 0 bridgehead atoms. The Labute approximate surface area is 107 Å². The molecule has 0 amide bonds. The van der Waals surface area contributed by atoms with Crippen LogP contribution in [0, 0.1) is 0 Å². The van der Waals surface area contributed by atoms with Crippen LogP contribution in [0.1, 0.15) is 19.0 Å². The summed E-state index contributed by atoms with van der Waals surface area (Å²) < 4.78 is 5.53. The van der Waals surface area contributed by atoms with Crippen molar-refractivity contribution in [1.82, 2.24) is 10.2 Å². The number of ether oxygens (including phenoxy) is 1. The van der Waals surface area contributed by atoms with Crippen LogP contribution in [0.3, 0.4) is 0 Å². The molecule has 94 valence electrons. The zero-order valence-corrected chi connectivity index (χ0v) is 10.5. The van der Waals surface area contributed by atoms with E-state index in [2.05, 4.69) is 17.1 Å². The van der Waals surface area contributed by atoms with Crippen molar-refractivity contribution in [3.05, 3.63) is 42.1 Å². The van der Waals surface area contributed by atoms with Gasteiger partial charge in [-0.25, -0.2) is 0 Å². The minimum atomic E-state index is 0.414. The summed E-state index contributed by atoms with van der Waals surface area (Å²) in [5.41, 5.74) is 8.14. The van der Waals surface area contributed by atoms with Gasteiger partial charge in [-0.3, -0.25) is 0 Å². The molecule has 2 N–H and O–H groups in total. The maximum absolute atomic E-state index is 5.53. The van der Waals surface area contributed by atoms with Crippen molar-refractivity contribution in [2.24, 2.45) is 5.73 Å². The maximum atomic E-state index is 5.53. The minimum Gasteiger partial charge on any atom is -0.494 e. The molecule has 0 aliphatic carbocycles. The molecule has 2 rings (SSSR count). The van der Waals surface area contributed by atoms with E-state index in [1.54, 1.807) is 0 Å². The molecular weight excluding hydrogens is 226 g/mol. The van der Waals surface area contributed by atoms with Crippen LogP contribution >= 0.6 is 0 Å². The molecule has 1 aromatic heterocycles. The number of aromatic nitrogens is 2. The van der Waals surface area contributed by atoms with Crippen LogP contribution in [0.4, 0.5) is 0 Å². The number of benzene rings is 1. The molecule has 0 unspecified atom stereocenters. The zero-order valence-electron chi connectivity index (χ0n) is 10.5. The smallest absolute Gasteiger partial charge is 0.119 e. The van der Waals surface area contributed by atoms with Gasteiger partial charge in [-0.05, 0) is 42.8 Å². The SMILES string of the molecule is CCCOc1ccc(-c2ccc(CN)nn2)cc1. The van der Waals surface area contributed by atoms with Gasteiger partial charge in [-0.2, -0.15) is 10.2 Å². The standard InChI is InChI=1S/C14H17N3O/c1-2-9-18-13-6-3-11(4-7-13)14-8-5-12(10-15)16-17-14/h3-8H,2,9-10,15H2,1H3. The second-order valence-corrected chi connectivity index (χ2v) is 3.99. The van der Waals surface area contributed by atoms with Gasteiger partial charge in [0.05, 0.1) is 18.0 Å². The van der Waals surface area contributed by atoms with E-state index >= 15 is 0 Å². The summed E-state index contributed by atoms with van der Waals surface area (Å²) in [7, 11) is 0. The van der Waals surface area contributed by atoms with Crippen LogP contribution in [0.15, 0.2) is 36.4 Å². The van der Waals surface area contributed by atoms with Gasteiger partial charge < -0.3 is 10.5 Å². The van der Waals surface area contributed by atoms with Gasteiger partial charge in [0.15, 0.2) is 0 Å². The van der Waals surface area contributed by atoms with Crippen molar-refractivity contribution < 1.29 is 4.74 Å². The van der Waals surface area contributed by atoms with E-state index in [0.29, 0.717) is 6.54 Å². The Morgan fingerprint density at radius 1 is 1.06 bits per heavy atom. The molecule has 2 aromatic rings. The molecule has 0 radical (unpaired) electrons. The van der Waals surface area contributed by atoms with E-state index in [1.807, 2.05) is 36.4 Å². The second-order valence-electron chi connectivity index (χ2n) is 3.99. The average molecular weight is 243 g/mol. The fourth-order valence-electron chi connectivity index (χ4n) is 1.56. The Morgan fingerprint density at radius 3 is 2.39 bits per heavy atom. The van der Waals surface area contributed by atoms with E-state index in [1.165, 1.54) is 0 Å². The molecule has 0 aliphatic heterocycles. The third-order valence-electron chi connectivity index (χ3n) is 2.55. The van der Waals surface area contributed by atoms with Crippen LogP contribution in [0.5, 0.6) is 5.75 Å². The van der Waals surface area contributed by atoms with Gasteiger partial charge in [0.1, 0.15) is 5.75 Å². The van der Waals surface area contributed by atoms with Crippen LogP contribution in [0.25, 0.3) is 11.3 Å². The summed E-state index contributed by atoms with van der Waals surface area (Å²) in [5.74, 6) is 0.882. The highest BCUT2D eigenvalue weighted by atomic mass is 16.5. The molecule has 0 saturated heterocycles. The lowest BCUT2D eigenvalue weighted by Gasteiger charge is -2.05. The monoisotopic (exact) mass is 243 g/mol. The summed E-state index contributed by atoms with van der Waals surface area (Å²) >= 11 is 0. The van der Waals surface area contributed by atoms with Crippen molar-refractivity contribution in [2.45, 2.75) is 19.9 Å². The molecule has 4 heteroatoms. The molecule has 0 saturated carbocycles. The first kappa shape index (κ1) is 12.5. The van der Waals surface area contributed by atoms with E-state index < -0.39 is 0 Å². The van der Waals surface area contributed by atoms with Crippen LogP contribution in [-0.2, 0) is 6.54 Å². The largest absolute Gasteiger partial charge is 0.494 e. The molecule has 1 heterocycles. The quantitative estimate of drug-likeness (QED) is 0.876. The predicted molar refractivity (Wildman–Crippen MR) is 71.1 cm³/mol. The molecule has 1 aromatic carbocycles. The Kier molecular flexibility index (Phi) is 4.25. The highest BCUT2D eigenvalue weighted by molar-refractivity contribution is 5.59. The van der Waals surface area contributed by atoms with E-state index in [9.17, 15) is 0 Å². The molecule has 4 nitrogen and oxygen atoms in total. The van der Waals surface area contributed by atoms with Gasteiger partial charge in [-0.15, -0.1) is 0 Å². The zero-order chi connectivity index (χ0) is 12.8. The first-order valence-corrected chi connectivity index (χ1v) is 6.09. The minimum absolute atomic E-state index is 0.414. The molecule has 0 atom stereocenters. The number of nitrogens with two attached hydrogens (primary N) is 1. The summed E-state index contributed by atoms with van der Waals surface area (Å²) in [4.78, 5) is 0. The molecule has 18 heavy (non-hydrogen) atoms. The van der Waals surface area contributed by atoms with Gasteiger partial charge >= 0.3 is 0 Å². The predicted octanol–water partition coefficient (Wildman–Crippen LogP) is 2.39. The Bertz CT molecular complexity index is 479. The summed E-state index contributed by atoms with van der Waals surface area (Å²) in [5, 5.41) is 8.18. The Hall–Kier alpha value is -1.94. The first-order chi connectivity index (χ1) is 8.83. The van der Waals surface area contributed by atoms with Crippen LogP contribution in [-0.4, -0.2) is 16.8 Å². The van der Waals surface area contributed by atoms with E-state index in [-0.39, 0.29) is 0 Å². The summed E-state index contributed by atoms with van der Waals surface area (Å²) in [6.45, 7) is 3.24. The lowest BCUT2D eigenvalue weighted by molar-refractivity contribution is 0.317. The number of hydrogen-bond donors (Lipinski definition) is 1. The van der Waals surface area contributed by atoms with Crippen molar-refractivity contribution >= 4 is 0 Å². The van der Waals surface area contributed by atoms with Gasteiger partial charge in [0, 0.05) is 12.1 Å². The van der Waals surface area contributed by atoms with Crippen molar-refractivity contribution in [3.63, 3.8) is 0 Å². The third kappa shape index (κ3) is 3.05. The Morgan fingerprint density at radius 2 is 1.83 bits per heavy atom. The first-order valence-electron chi connectivity index (χ1n) is 6.09. The highest BCUT2D eigenvalue weighted by Gasteiger charge is 2.01. The van der Waals surface area contributed by atoms with E-state index in [0.717, 1.165) is 35.7 Å². The normalized spacial score (nSPS) is 10.3. The van der Waals surface area contributed by atoms with Gasteiger partial charge in [0.25, 0.3) is 0 Å². The average Bonchev–Trinajstić information content (AvgIpc) is 2.46. The third-order valence-corrected chi connectivity index (χ3v) is 2.55. The van der Waals surface area contributed by atoms with Crippen molar-refractivity contribution in [2.75, 3.05) is 6.61 Å². The maximum Gasteiger partial charge on any atom is 0.119 e. The fourth-order valence-corrected chi connectivity index (χ4v) is 1.56. The lowest BCUT2D eigenvalue weighted by atomic mass is 10.1. The van der Waals surface area contributed by atoms with Crippen molar-refractivity contribution in [1.29, 1.82) is 0 Å². The van der Waals surface area contributed by atoms with E-state index in [4.69, 9.17) is 10.5 Å². The summed E-state index contributed by atoms with van der Waals surface area (Å²) in [6, 6.07) is 11.7.